The molecule has 1 aliphatic heterocycles. The van der Waals surface area contributed by atoms with E-state index in [1.807, 2.05) is 23.6 Å². The van der Waals surface area contributed by atoms with E-state index >= 15 is 0 Å². The zero-order valence-corrected chi connectivity index (χ0v) is 11.8. The number of nitrogens with zero attached hydrogens (tertiary/aromatic N) is 2. The van der Waals surface area contributed by atoms with Gasteiger partial charge in [0.1, 0.15) is 5.82 Å². The molecule has 1 aromatic carbocycles. The number of piperazine rings is 1. The minimum Gasteiger partial charge on any atom is -0.367 e. The Balaban J connectivity index is 1.68. The van der Waals surface area contributed by atoms with E-state index in [1.165, 1.54) is 17.4 Å². The first-order valence-corrected chi connectivity index (χ1v) is 7.44. The van der Waals surface area contributed by atoms with Crippen LogP contribution in [0.4, 0.5) is 15.8 Å². The van der Waals surface area contributed by atoms with Gasteiger partial charge >= 0.3 is 0 Å². The van der Waals surface area contributed by atoms with E-state index in [1.54, 1.807) is 6.07 Å². The number of aldehydes is 1. The number of para-hydroxylation sites is 1. The second-order valence-corrected chi connectivity index (χ2v) is 5.69. The normalized spacial score (nSPS) is 15.4. The maximum Gasteiger partial charge on any atom is 0.160 e. The number of carbonyl (C=O) groups excluding carboxylic acids is 1. The molecular formula is C15H15FN2OS. The lowest BCUT2D eigenvalue weighted by Crippen LogP contribution is -2.46. The Kier molecular flexibility index (Phi) is 3.69. The van der Waals surface area contributed by atoms with Gasteiger partial charge in [-0.3, -0.25) is 4.79 Å². The molecule has 0 radical (unpaired) electrons. The molecular weight excluding hydrogens is 275 g/mol. The third kappa shape index (κ3) is 2.54. The van der Waals surface area contributed by atoms with E-state index in [4.69, 9.17) is 0 Å². The van der Waals surface area contributed by atoms with Crippen molar-refractivity contribution < 1.29 is 9.18 Å². The van der Waals surface area contributed by atoms with Crippen LogP contribution >= 0.6 is 11.3 Å². The summed E-state index contributed by atoms with van der Waals surface area (Å²) in [5.41, 5.74) is 1.76. The molecule has 104 valence electrons. The van der Waals surface area contributed by atoms with Crippen molar-refractivity contribution in [1.82, 2.24) is 0 Å². The molecule has 0 bridgehead atoms. The molecule has 1 fully saturated rings. The van der Waals surface area contributed by atoms with Crippen molar-refractivity contribution in [3.05, 3.63) is 46.4 Å². The number of hydrogen-bond donors (Lipinski definition) is 0. The topological polar surface area (TPSA) is 23.6 Å². The first-order chi connectivity index (χ1) is 9.78. The maximum absolute atomic E-state index is 13.8. The zero-order valence-electron chi connectivity index (χ0n) is 11.0. The van der Waals surface area contributed by atoms with Crippen LogP contribution in [0, 0.1) is 5.82 Å². The fourth-order valence-corrected chi connectivity index (χ4v) is 3.20. The first kappa shape index (κ1) is 13.1. The third-order valence-corrected chi connectivity index (χ3v) is 4.41. The Morgan fingerprint density at radius 1 is 1.10 bits per heavy atom. The molecule has 3 nitrogen and oxygen atoms in total. The van der Waals surface area contributed by atoms with Crippen LogP contribution in [0.1, 0.15) is 9.67 Å². The van der Waals surface area contributed by atoms with Crippen LogP contribution in [0.5, 0.6) is 0 Å². The number of halogens is 1. The number of rotatable bonds is 3. The molecule has 1 saturated heterocycles. The van der Waals surface area contributed by atoms with Gasteiger partial charge in [-0.05, 0) is 18.2 Å². The number of benzene rings is 1. The number of carbonyl (C=O) groups is 1. The fraction of sp³-hybridized carbons (Fsp3) is 0.267. The molecule has 20 heavy (non-hydrogen) atoms. The van der Waals surface area contributed by atoms with Gasteiger partial charge in [-0.2, -0.15) is 0 Å². The lowest BCUT2D eigenvalue weighted by Gasteiger charge is -2.37. The van der Waals surface area contributed by atoms with Gasteiger partial charge in [0.2, 0.25) is 0 Å². The monoisotopic (exact) mass is 290 g/mol. The van der Waals surface area contributed by atoms with E-state index in [0.29, 0.717) is 5.69 Å². The van der Waals surface area contributed by atoms with Gasteiger partial charge in [0, 0.05) is 37.2 Å². The van der Waals surface area contributed by atoms with Crippen LogP contribution in [0.2, 0.25) is 0 Å². The van der Waals surface area contributed by atoms with Gasteiger partial charge in [-0.15, -0.1) is 11.3 Å². The highest BCUT2D eigenvalue weighted by atomic mass is 32.1. The standard InChI is InChI=1S/C15H15FN2OS/c16-14-3-1-2-4-15(14)18-7-5-17(6-8-18)12-9-13(10-19)20-11-12/h1-4,9-11H,5-8H2. The average Bonchev–Trinajstić information content (AvgIpc) is 2.97. The first-order valence-electron chi connectivity index (χ1n) is 6.56. The van der Waals surface area contributed by atoms with Gasteiger partial charge in [-0.1, -0.05) is 12.1 Å². The van der Waals surface area contributed by atoms with Gasteiger partial charge in [0.05, 0.1) is 10.6 Å². The molecule has 2 heterocycles. The molecule has 5 heteroatoms. The van der Waals surface area contributed by atoms with Gasteiger partial charge in [-0.25, -0.2) is 4.39 Å². The summed E-state index contributed by atoms with van der Waals surface area (Å²) in [5, 5.41) is 2.00. The van der Waals surface area contributed by atoms with Crippen LogP contribution in [-0.4, -0.2) is 32.5 Å². The van der Waals surface area contributed by atoms with Crippen LogP contribution in [0.3, 0.4) is 0 Å². The second-order valence-electron chi connectivity index (χ2n) is 4.75. The maximum atomic E-state index is 13.8. The quantitative estimate of drug-likeness (QED) is 0.812. The van der Waals surface area contributed by atoms with Crippen molar-refractivity contribution >= 4 is 29.0 Å². The van der Waals surface area contributed by atoms with Gasteiger partial charge in [0.15, 0.2) is 6.29 Å². The summed E-state index contributed by atoms with van der Waals surface area (Å²) in [7, 11) is 0. The van der Waals surface area contributed by atoms with Crippen LogP contribution < -0.4 is 9.80 Å². The summed E-state index contributed by atoms with van der Waals surface area (Å²) < 4.78 is 13.8. The number of hydrogen-bond acceptors (Lipinski definition) is 4. The predicted octanol–water partition coefficient (Wildman–Crippen LogP) is 3.03. The zero-order chi connectivity index (χ0) is 13.9. The second kappa shape index (κ2) is 5.63. The lowest BCUT2D eigenvalue weighted by molar-refractivity contribution is 0.112. The van der Waals surface area contributed by atoms with E-state index in [2.05, 4.69) is 9.80 Å². The van der Waals surface area contributed by atoms with Crippen molar-refractivity contribution in [1.29, 1.82) is 0 Å². The van der Waals surface area contributed by atoms with Crippen molar-refractivity contribution in [3.63, 3.8) is 0 Å². The smallest absolute Gasteiger partial charge is 0.160 e. The van der Waals surface area contributed by atoms with E-state index in [9.17, 15) is 9.18 Å². The minimum atomic E-state index is -0.167. The van der Waals surface area contributed by atoms with Crippen molar-refractivity contribution in [3.8, 4) is 0 Å². The highest BCUT2D eigenvalue weighted by molar-refractivity contribution is 7.12. The van der Waals surface area contributed by atoms with E-state index in [0.717, 1.165) is 43.0 Å². The van der Waals surface area contributed by atoms with Gasteiger partial charge in [0.25, 0.3) is 0 Å². The molecule has 3 rings (SSSR count). The van der Waals surface area contributed by atoms with Crippen LogP contribution in [0.15, 0.2) is 35.7 Å². The summed E-state index contributed by atoms with van der Waals surface area (Å²) in [6, 6.07) is 8.80. The molecule has 0 atom stereocenters. The highest BCUT2D eigenvalue weighted by Crippen LogP contribution is 2.25. The Hall–Kier alpha value is -1.88. The Bertz CT molecular complexity index is 605. The van der Waals surface area contributed by atoms with Crippen molar-refractivity contribution in [2.24, 2.45) is 0 Å². The summed E-state index contributed by atoms with van der Waals surface area (Å²) in [6.45, 7) is 3.24. The Morgan fingerprint density at radius 3 is 2.45 bits per heavy atom. The fourth-order valence-electron chi connectivity index (χ4n) is 2.48. The average molecular weight is 290 g/mol. The largest absolute Gasteiger partial charge is 0.367 e. The lowest BCUT2D eigenvalue weighted by atomic mass is 10.2. The van der Waals surface area contributed by atoms with Crippen LogP contribution in [0.25, 0.3) is 0 Å². The Labute approximate surface area is 121 Å². The van der Waals surface area contributed by atoms with Crippen LogP contribution in [-0.2, 0) is 0 Å². The highest BCUT2D eigenvalue weighted by Gasteiger charge is 2.20. The molecule has 1 aliphatic rings. The molecule has 0 aliphatic carbocycles. The molecule has 0 saturated carbocycles. The Morgan fingerprint density at radius 2 is 1.80 bits per heavy atom. The minimum absolute atomic E-state index is 0.167. The van der Waals surface area contributed by atoms with E-state index in [-0.39, 0.29) is 5.82 Å². The molecule has 2 aromatic rings. The summed E-state index contributed by atoms with van der Waals surface area (Å²) in [5.74, 6) is -0.167. The van der Waals surface area contributed by atoms with E-state index < -0.39 is 0 Å². The third-order valence-electron chi connectivity index (χ3n) is 3.56. The molecule has 0 N–H and O–H groups in total. The molecule has 0 amide bonds. The summed E-state index contributed by atoms with van der Waals surface area (Å²) in [6.07, 6.45) is 0.879. The summed E-state index contributed by atoms with van der Waals surface area (Å²) >= 11 is 1.46. The van der Waals surface area contributed by atoms with Crippen molar-refractivity contribution in [2.75, 3.05) is 36.0 Å². The molecule has 0 unspecified atom stereocenters. The molecule has 0 spiro atoms. The van der Waals surface area contributed by atoms with Gasteiger partial charge < -0.3 is 9.80 Å². The number of anilines is 2. The molecule has 1 aromatic heterocycles. The predicted molar refractivity (Wildman–Crippen MR) is 80.5 cm³/mol. The van der Waals surface area contributed by atoms with Crippen molar-refractivity contribution in [2.45, 2.75) is 0 Å². The number of thiophene rings is 1. The SMILES string of the molecule is O=Cc1cc(N2CCN(c3ccccc3F)CC2)cs1. The summed E-state index contributed by atoms with van der Waals surface area (Å²) in [4.78, 5) is 15.8.